The third-order valence-electron chi connectivity index (χ3n) is 9.07. The van der Waals surface area contributed by atoms with E-state index in [-0.39, 0.29) is 18.2 Å². The molecule has 0 N–H and O–H groups in total. The normalized spacial score (nSPS) is 18.6. The highest BCUT2D eigenvalue weighted by molar-refractivity contribution is 8.00. The van der Waals surface area contributed by atoms with Crippen LogP contribution in [0.4, 0.5) is 0 Å². The molecule has 0 saturated carbocycles. The Labute approximate surface area is 283 Å². The molecule has 0 bridgehead atoms. The molecule has 1 saturated heterocycles. The zero-order chi connectivity index (χ0) is 32.7. The van der Waals surface area contributed by atoms with Gasteiger partial charge in [0.25, 0.3) is 6.02 Å². The van der Waals surface area contributed by atoms with Crippen molar-refractivity contribution in [1.82, 2.24) is 4.90 Å². The second-order valence-electron chi connectivity index (χ2n) is 11.6. The van der Waals surface area contributed by atoms with Crippen molar-refractivity contribution in [3.8, 4) is 28.7 Å². The molecule has 5 aromatic rings. The van der Waals surface area contributed by atoms with Gasteiger partial charge in [0.15, 0.2) is 23.0 Å². The Balaban J connectivity index is 1.39. The molecule has 0 amide bonds. The molecule has 48 heavy (non-hydrogen) atoms. The number of rotatable bonds is 8. The van der Waals surface area contributed by atoms with E-state index < -0.39 is 5.54 Å². The van der Waals surface area contributed by atoms with Crippen molar-refractivity contribution in [3.63, 3.8) is 0 Å². The molecule has 0 radical (unpaired) electrons. The van der Waals surface area contributed by atoms with Crippen LogP contribution in [0.3, 0.4) is 0 Å². The first-order chi connectivity index (χ1) is 23.6. The van der Waals surface area contributed by atoms with E-state index in [0.29, 0.717) is 35.6 Å². The lowest BCUT2D eigenvalue weighted by atomic mass is 9.77. The number of thioether (sulfide) groups is 1. The molecule has 8 rings (SSSR count). The molecule has 0 aliphatic carbocycles. The molecule has 242 valence electrons. The Hall–Kier alpha value is -5.28. The van der Waals surface area contributed by atoms with Crippen molar-refractivity contribution < 1.29 is 28.4 Å². The summed E-state index contributed by atoms with van der Waals surface area (Å²) in [6, 6.07) is 39.6. The Bertz CT molecular complexity index is 1850. The monoisotopic (exact) mass is 658 g/mol. The number of methoxy groups -OCH3 is 3. The molecule has 0 spiro atoms. The molecule has 3 aliphatic heterocycles. The molecular weight excluding hydrogens is 625 g/mol. The third kappa shape index (κ3) is 4.88. The number of nitrogens with zero attached hydrogens (tertiary/aromatic N) is 2. The fourth-order valence-corrected chi connectivity index (χ4v) is 8.14. The molecule has 3 heterocycles. The van der Waals surface area contributed by atoms with Crippen molar-refractivity contribution >= 4 is 17.8 Å². The van der Waals surface area contributed by atoms with Crippen LogP contribution in [-0.4, -0.2) is 51.0 Å². The summed E-state index contributed by atoms with van der Waals surface area (Å²) in [5.74, 6) is 3.10. The fraction of sp³-hybridized carbons (Fsp3) is 0.205. The molecule has 8 nitrogen and oxygen atoms in total. The number of fused-ring (bicyclic) bond motifs is 3. The summed E-state index contributed by atoms with van der Waals surface area (Å²) >= 11 is 1.73. The Morgan fingerprint density at radius 2 is 1.23 bits per heavy atom. The van der Waals surface area contributed by atoms with Crippen molar-refractivity contribution in [1.29, 1.82) is 0 Å². The minimum absolute atomic E-state index is 0.0827. The van der Waals surface area contributed by atoms with Crippen LogP contribution in [0.25, 0.3) is 0 Å². The van der Waals surface area contributed by atoms with E-state index in [0.717, 1.165) is 38.5 Å². The van der Waals surface area contributed by atoms with Crippen LogP contribution in [0.5, 0.6) is 28.7 Å². The maximum absolute atomic E-state index is 6.67. The predicted molar refractivity (Wildman–Crippen MR) is 185 cm³/mol. The summed E-state index contributed by atoms with van der Waals surface area (Å²) in [7, 11) is 4.87. The van der Waals surface area contributed by atoms with Gasteiger partial charge in [-0.3, -0.25) is 4.90 Å². The lowest BCUT2D eigenvalue weighted by molar-refractivity contribution is 0.174. The first-order valence-corrected chi connectivity index (χ1v) is 16.6. The highest BCUT2D eigenvalue weighted by Gasteiger charge is 2.47. The first-order valence-electron chi connectivity index (χ1n) is 15.7. The minimum Gasteiger partial charge on any atom is -0.493 e. The number of hydrogen-bond donors (Lipinski definition) is 0. The van der Waals surface area contributed by atoms with Gasteiger partial charge in [0.2, 0.25) is 12.5 Å². The second-order valence-corrected chi connectivity index (χ2v) is 12.8. The van der Waals surface area contributed by atoms with E-state index in [1.807, 2.05) is 30.3 Å². The van der Waals surface area contributed by atoms with Gasteiger partial charge in [0.1, 0.15) is 17.5 Å². The summed E-state index contributed by atoms with van der Waals surface area (Å²) in [4.78, 5) is 9.07. The van der Waals surface area contributed by atoms with E-state index in [1.54, 1.807) is 33.1 Å². The van der Waals surface area contributed by atoms with Gasteiger partial charge in [-0.1, -0.05) is 103 Å². The van der Waals surface area contributed by atoms with Gasteiger partial charge in [-0.25, -0.2) is 4.99 Å². The van der Waals surface area contributed by atoms with E-state index in [9.17, 15) is 0 Å². The lowest BCUT2D eigenvalue weighted by Crippen LogP contribution is -2.41. The lowest BCUT2D eigenvalue weighted by Gasteiger charge is -2.40. The number of benzene rings is 5. The van der Waals surface area contributed by atoms with Crippen molar-refractivity contribution in [3.05, 3.63) is 143 Å². The van der Waals surface area contributed by atoms with Gasteiger partial charge in [0, 0.05) is 4.90 Å². The quantitative estimate of drug-likeness (QED) is 0.158. The Morgan fingerprint density at radius 3 is 1.75 bits per heavy atom. The summed E-state index contributed by atoms with van der Waals surface area (Å²) in [5, 5.41) is -0.0827. The van der Waals surface area contributed by atoms with E-state index >= 15 is 0 Å². The van der Waals surface area contributed by atoms with Crippen LogP contribution < -0.4 is 23.7 Å². The zero-order valence-corrected chi connectivity index (χ0v) is 27.6. The van der Waals surface area contributed by atoms with E-state index in [2.05, 4.69) is 89.8 Å². The topological polar surface area (TPSA) is 71.0 Å². The third-order valence-corrected chi connectivity index (χ3v) is 10.3. The van der Waals surface area contributed by atoms with Gasteiger partial charge in [-0.15, -0.1) is 0 Å². The van der Waals surface area contributed by atoms with Gasteiger partial charge < -0.3 is 28.4 Å². The SMILES string of the molecule is COc1cc([C@@H]2c3cc4c(cc3S[C@H]3COC(=NC(c5ccccc5)(c5ccccc5)c5ccccc5)N23)OCO4)cc(OC)c1OC. The largest absolute Gasteiger partial charge is 0.493 e. The fourth-order valence-electron chi connectivity index (χ4n) is 6.91. The van der Waals surface area contributed by atoms with E-state index in [4.69, 9.17) is 33.4 Å². The maximum atomic E-state index is 6.67. The van der Waals surface area contributed by atoms with Crippen molar-refractivity contribution in [2.24, 2.45) is 4.99 Å². The molecular formula is C39H34N2O6S. The molecule has 5 aromatic carbocycles. The summed E-state index contributed by atoms with van der Waals surface area (Å²) < 4.78 is 35.7. The smallest absolute Gasteiger partial charge is 0.290 e. The minimum atomic E-state index is -0.909. The Kier molecular flexibility index (Phi) is 7.76. The first kappa shape index (κ1) is 30.1. The van der Waals surface area contributed by atoms with Crippen LogP contribution in [0.15, 0.2) is 125 Å². The number of amidine groups is 1. The molecule has 2 atom stereocenters. The average Bonchev–Trinajstić information content (AvgIpc) is 3.78. The van der Waals surface area contributed by atoms with Gasteiger partial charge >= 0.3 is 0 Å². The highest BCUT2D eigenvalue weighted by Crippen LogP contribution is 2.54. The molecule has 9 heteroatoms. The maximum Gasteiger partial charge on any atom is 0.290 e. The van der Waals surface area contributed by atoms with Gasteiger partial charge in [-0.2, -0.15) is 0 Å². The van der Waals surface area contributed by atoms with Gasteiger partial charge in [-0.05, 0) is 52.1 Å². The summed E-state index contributed by atoms with van der Waals surface area (Å²) in [5.41, 5.74) is 4.14. The van der Waals surface area contributed by atoms with Crippen LogP contribution in [0, 0.1) is 0 Å². The van der Waals surface area contributed by atoms with Gasteiger partial charge in [0.05, 0.1) is 27.4 Å². The van der Waals surface area contributed by atoms with E-state index in [1.165, 1.54) is 0 Å². The van der Waals surface area contributed by atoms with Crippen LogP contribution in [0.1, 0.15) is 33.9 Å². The Morgan fingerprint density at radius 1 is 0.688 bits per heavy atom. The van der Waals surface area contributed by atoms with Crippen LogP contribution in [0.2, 0.25) is 0 Å². The predicted octanol–water partition coefficient (Wildman–Crippen LogP) is 7.64. The molecule has 3 aliphatic rings. The summed E-state index contributed by atoms with van der Waals surface area (Å²) in [6.07, 6.45) is 0. The number of aliphatic imine (C=N–C) groups is 1. The molecule has 0 unspecified atom stereocenters. The zero-order valence-electron chi connectivity index (χ0n) is 26.8. The average molecular weight is 659 g/mol. The number of ether oxygens (including phenoxy) is 6. The van der Waals surface area contributed by atoms with Crippen LogP contribution in [-0.2, 0) is 10.3 Å². The van der Waals surface area contributed by atoms with Crippen molar-refractivity contribution in [2.75, 3.05) is 34.7 Å². The highest BCUT2D eigenvalue weighted by atomic mass is 32.2. The number of hydrogen-bond acceptors (Lipinski definition) is 8. The van der Waals surface area contributed by atoms with Crippen molar-refractivity contribution in [2.45, 2.75) is 21.9 Å². The second kappa shape index (κ2) is 12.4. The standard InChI is InChI=1S/C39H34N2O6S/c1-42-32-19-25(20-33(43-2)37(32)44-3)36-29-21-30-31(47-24-46-30)22-34(29)48-35-23-45-38(41(35)36)40-39(26-13-7-4-8-14-26,27-15-9-5-10-16-27)28-17-11-6-12-18-28/h4-22,35-36H,23-24H2,1-3H3/t35-,36+/m0/s1. The molecule has 1 fully saturated rings. The van der Waals surface area contributed by atoms with Crippen LogP contribution >= 0.6 is 11.8 Å². The summed E-state index contributed by atoms with van der Waals surface area (Å²) in [6.45, 7) is 0.626. The molecule has 0 aromatic heterocycles.